The Morgan fingerprint density at radius 2 is 2.00 bits per heavy atom. The second-order valence-electron chi connectivity index (χ2n) is 8.80. The van der Waals surface area contributed by atoms with Crippen LogP contribution < -0.4 is 9.64 Å². The van der Waals surface area contributed by atoms with E-state index in [1.807, 2.05) is 36.7 Å². The summed E-state index contributed by atoms with van der Waals surface area (Å²) in [5.74, 6) is 1.82. The molecule has 8 heteroatoms. The van der Waals surface area contributed by atoms with Crippen LogP contribution in [0.25, 0.3) is 22.3 Å². The Labute approximate surface area is 180 Å². The maximum Gasteiger partial charge on any atom is 0.132 e. The molecular weight excluding hydrogens is 390 g/mol. The summed E-state index contributed by atoms with van der Waals surface area (Å²) in [5.41, 5.74) is 2.61. The molecule has 1 N–H and O–H groups in total. The monoisotopic (exact) mass is 415 g/mol. The van der Waals surface area contributed by atoms with Gasteiger partial charge in [-0.2, -0.15) is 10.2 Å². The molecular formula is C23H25N7O. The van der Waals surface area contributed by atoms with Crippen molar-refractivity contribution < 1.29 is 4.74 Å². The molecule has 1 aromatic carbocycles. The van der Waals surface area contributed by atoms with Gasteiger partial charge in [0.2, 0.25) is 0 Å². The van der Waals surface area contributed by atoms with Gasteiger partial charge in [0.15, 0.2) is 0 Å². The maximum absolute atomic E-state index is 6.15. The molecule has 1 aliphatic carbocycles. The summed E-state index contributed by atoms with van der Waals surface area (Å²) in [6, 6.07) is 10.6. The summed E-state index contributed by atoms with van der Waals surface area (Å²) in [4.78, 5) is 11.4. The molecule has 0 radical (unpaired) electrons. The number of ether oxygens (including phenoxy) is 1. The molecule has 158 valence electrons. The van der Waals surface area contributed by atoms with Gasteiger partial charge >= 0.3 is 0 Å². The minimum atomic E-state index is -0.0119. The number of fused-ring (bicyclic) bond motifs is 1. The maximum atomic E-state index is 6.15. The van der Waals surface area contributed by atoms with Crippen molar-refractivity contribution in [3.8, 4) is 17.1 Å². The highest BCUT2D eigenvalue weighted by Crippen LogP contribution is 2.40. The molecule has 6 rings (SSSR count). The first-order chi connectivity index (χ1) is 15.2. The van der Waals surface area contributed by atoms with Gasteiger partial charge in [-0.25, -0.2) is 9.97 Å². The number of nitrogens with zero attached hydrogens (tertiary/aromatic N) is 6. The summed E-state index contributed by atoms with van der Waals surface area (Å²) in [7, 11) is 0. The predicted octanol–water partition coefficient (Wildman–Crippen LogP) is 3.99. The van der Waals surface area contributed by atoms with Crippen LogP contribution in [-0.2, 0) is 0 Å². The lowest BCUT2D eigenvalue weighted by molar-refractivity contribution is 0.200. The number of anilines is 1. The molecule has 1 aliphatic heterocycles. The average molecular weight is 416 g/mol. The number of nitrogens with one attached hydrogen (secondary N) is 1. The third-order valence-corrected chi connectivity index (χ3v) is 6.44. The number of rotatable bonds is 5. The van der Waals surface area contributed by atoms with Crippen LogP contribution in [0.4, 0.5) is 5.82 Å². The van der Waals surface area contributed by atoms with Crippen molar-refractivity contribution in [1.29, 1.82) is 0 Å². The third-order valence-electron chi connectivity index (χ3n) is 6.44. The third kappa shape index (κ3) is 3.52. The van der Waals surface area contributed by atoms with E-state index in [1.54, 1.807) is 6.33 Å². The number of aromatic nitrogens is 6. The zero-order valence-electron chi connectivity index (χ0n) is 17.5. The van der Waals surface area contributed by atoms with Crippen molar-refractivity contribution >= 4 is 16.7 Å². The van der Waals surface area contributed by atoms with Crippen LogP contribution in [0.15, 0.2) is 49.1 Å². The van der Waals surface area contributed by atoms with E-state index in [0.717, 1.165) is 72.6 Å². The van der Waals surface area contributed by atoms with Gasteiger partial charge in [-0.15, -0.1) is 0 Å². The summed E-state index contributed by atoms with van der Waals surface area (Å²) < 4.78 is 8.22. The van der Waals surface area contributed by atoms with Crippen LogP contribution in [-0.4, -0.2) is 48.6 Å². The Balaban J connectivity index is 1.25. The van der Waals surface area contributed by atoms with Crippen molar-refractivity contribution in [3.63, 3.8) is 0 Å². The zero-order chi connectivity index (χ0) is 20.8. The fourth-order valence-electron chi connectivity index (χ4n) is 4.32. The lowest BCUT2D eigenvalue weighted by Crippen LogP contribution is -2.35. The van der Waals surface area contributed by atoms with Crippen LogP contribution in [0.3, 0.4) is 0 Å². The molecule has 4 aromatic rings. The first-order valence-corrected chi connectivity index (χ1v) is 10.9. The van der Waals surface area contributed by atoms with Gasteiger partial charge in [0.1, 0.15) is 29.2 Å². The molecule has 1 saturated heterocycles. The van der Waals surface area contributed by atoms with Crippen LogP contribution in [0.5, 0.6) is 5.75 Å². The van der Waals surface area contributed by atoms with Gasteiger partial charge in [-0.05, 0) is 56.9 Å². The van der Waals surface area contributed by atoms with E-state index >= 15 is 0 Å². The Hall–Kier alpha value is -3.42. The second kappa shape index (κ2) is 7.08. The van der Waals surface area contributed by atoms with Crippen molar-refractivity contribution in [1.82, 2.24) is 29.9 Å². The minimum Gasteiger partial charge on any atom is -0.488 e. The lowest BCUT2D eigenvalue weighted by Gasteiger charge is -2.32. The van der Waals surface area contributed by atoms with Crippen LogP contribution in [0.1, 0.15) is 38.6 Å². The molecule has 0 unspecified atom stereocenters. The van der Waals surface area contributed by atoms with Crippen molar-refractivity contribution in [2.24, 2.45) is 0 Å². The van der Waals surface area contributed by atoms with Crippen molar-refractivity contribution in [2.75, 3.05) is 18.0 Å². The number of benzene rings is 1. The largest absolute Gasteiger partial charge is 0.488 e. The van der Waals surface area contributed by atoms with E-state index in [0.29, 0.717) is 6.04 Å². The average Bonchev–Trinajstić information content (AvgIpc) is 3.21. The summed E-state index contributed by atoms with van der Waals surface area (Å²) >= 11 is 0. The van der Waals surface area contributed by atoms with Crippen LogP contribution in [0.2, 0.25) is 0 Å². The number of piperidine rings is 1. The van der Waals surface area contributed by atoms with Crippen molar-refractivity contribution in [2.45, 2.75) is 44.2 Å². The van der Waals surface area contributed by atoms with E-state index in [2.05, 4.69) is 47.8 Å². The van der Waals surface area contributed by atoms with E-state index in [9.17, 15) is 0 Å². The molecule has 0 bridgehead atoms. The molecule has 1 saturated carbocycles. The standard InChI is InChI=1S/C23H25N7O/c1-23(7-8-23)31-17-3-4-19-18(13-17)22(28-27-19)20-14-21(25-15-24-20)29-11-5-16(6-12-29)30-10-2-9-26-30/h2-4,9-10,13-16H,5-8,11-12H2,1H3,(H,27,28). The van der Waals surface area contributed by atoms with Crippen molar-refractivity contribution in [3.05, 3.63) is 49.1 Å². The Kier molecular flexibility index (Phi) is 4.19. The highest BCUT2D eigenvalue weighted by molar-refractivity contribution is 5.93. The summed E-state index contributed by atoms with van der Waals surface area (Å²) in [5, 5.41) is 13.1. The Morgan fingerprint density at radius 1 is 1.13 bits per heavy atom. The van der Waals surface area contributed by atoms with Gasteiger partial charge in [0.05, 0.1) is 17.3 Å². The van der Waals surface area contributed by atoms with E-state index in [-0.39, 0.29) is 5.60 Å². The van der Waals surface area contributed by atoms with Crippen LogP contribution in [0, 0.1) is 0 Å². The molecule has 2 aliphatic rings. The molecule has 3 aromatic heterocycles. The molecule has 31 heavy (non-hydrogen) atoms. The molecule has 0 amide bonds. The van der Waals surface area contributed by atoms with E-state index in [1.165, 1.54) is 0 Å². The number of aromatic amines is 1. The zero-order valence-corrected chi connectivity index (χ0v) is 17.5. The normalized spacial score (nSPS) is 18.4. The quantitative estimate of drug-likeness (QED) is 0.531. The van der Waals surface area contributed by atoms with Gasteiger partial charge in [0.25, 0.3) is 0 Å². The first kappa shape index (κ1) is 18.4. The second-order valence-corrected chi connectivity index (χ2v) is 8.80. The summed E-state index contributed by atoms with van der Waals surface area (Å²) in [6.45, 7) is 4.04. The van der Waals surface area contributed by atoms with Gasteiger partial charge in [-0.1, -0.05) is 0 Å². The van der Waals surface area contributed by atoms with Gasteiger partial charge in [-0.3, -0.25) is 9.78 Å². The molecule has 2 fully saturated rings. The minimum absolute atomic E-state index is 0.0119. The predicted molar refractivity (Wildman–Crippen MR) is 118 cm³/mol. The highest BCUT2D eigenvalue weighted by Gasteiger charge is 2.40. The molecule has 0 spiro atoms. The van der Waals surface area contributed by atoms with Gasteiger partial charge in [0, 0.05) is 36.9 Å². The fraction of sp³-hybridized carbons (Fsp3) is 0.391. The molecule has 8 nitrogen and oxygen atoms in total. The Bertz CT molecular complexity index is 1200. The SMILES string of the molecule is CC1(Oc2ccc3[nH]nc(-c4cc(N5CCC(n6cccn6)CC5)ncn4)c3c2)CC1. The number of hydrogen-bond acceptors (Lipinski definition) is 6. The van der Waals surface area contributed by atoms with E-state index in [4.69, 9.17) is 4.74 Å². The highest BCUT2D eigenvalue weighted by atomic mass is 16.5. The lowest BCUT2D eigenvalue weighted by atomic mass is 10.1. The van der Waals surface area contributed by atoms with E-state index < -0.39 is 0 Å². The first-order valence-electron chi connectivity index (χ1n) is 10.9. The number of H-pyrrole nitrogens is 1. The smallest absolute Gasteiger partial charge is 0.132 e. The molecule has 4 heterocycles. The summed E-state index contributed by atoms with van der Waals surface area (Å²) in [6.07, 6.45) is 9.84. The van der Waals surface area contributed by atoms with Crippen LogP contribution >= 0.6 is 0 Å². The fourth-order valence-corrected chi connectivity index (χ4v) is 4.32. The molecule has 0 atom stereocenters. The Morgan fingerprint density at radius 3 is 2.77 bits per heavy atom. The topological polar surface area (TPSA) is 84.8 Å². The van der Waals surface area contributed by atoms with Gasteiger partial charge < -0.3 is 9.64 Å². The number of hydrogen-bond donors (Lipinski definition) is 1.